The molecule has 3 atom stereocenters. The minimum Gasteiger partial charge on any atom is -0.356 e. The van der Waals surface area contributed by atoms with E-state index in [-0.39, 0.29) is 28.6 Å². The Labute approximate surface area is 139 Å². The minimum absolute atomic E-state index is 0.0539. The maximum absolute atomic E-state index is 12.1. The number of fused-ring (bicyclic) bond motifs is 1. The van der Waals surface area contributed by atoms with Gasteiger partial charge in [0.1, 0.15) is 0 Å². The average molecular weight is 340 g/mol. The number of H-pyrrole nitrogens is 1. The summed E-state index contributed by atoms with van der Waals surface area (Å²) in [4.78, 5) is 23.9. The number of rotatable bonds is 7. The molecule has 8 heteroatoms. The Morgan fingerprint density at radius 1 is 1.39 bits per heavy atom. The van der Waals surface area contributed by atoms with Crippen molar-refractivity contribution in [2.75, 3.05) is 13.1 Å². The molecule has 0 spiro atoms. The molecule has 126 valence electrons. The minimum atomic E-state index is -0.368. The Morgan fingerprint density at radius 2 is 2.17 bits per heavy atom. The van der Waals surface area contributed by atoms with E-state index < -0.39 is 0 Å². The Bertz CT molecular complexity index is 604. The third-order valence-corrected chi connectivity index (χ3v) is 5.34. The van der Waals surface area contributed by atoms with Gasteiger partial charge in [-0.15, -0.1) is 10.2 Å². The van der Waals surface area contributed by atoms with E-state index in [2.05, 4.69) is 26.0 Å². The van der Waals surface area contributed by atoms with Crippen LogP contribution in [0.3, 0.4) is 0 Å². The molecule has 3 rings (SSSR count). The van der Waals surface area contributed by atoms with Crippen LogP contribution in [-0.4, -0.2) is 40.3 Å². The molecule has 23 heavy (non-hydrogen) atoms. The maximum atomic E-state index is 12.1. The number of amides is 2. The van der Waals surface area contributed by atoms with E-state index in [1.54, 1.807) is 0 Å². The number of nitrogens with one attached hydrogen (secondary N) is 3. The largest absolute Gasteiger partial charge is 0.356 e. The number of carbonyl (C=O) groups excluding carboxylic acids is 2. The fourth-order valence-corrected chi connectivity index (χ4v) is 3.77. The number of halogens is 1. The molecule has 0 aliphatic heterocycles. The van der Waals surface area contributed by atoms with Crippen molar-refractivity contribution in [1.29, 1.82) is 0 Å². The Balaban J connectivity index is 1.35. The molecule has 0 bridgehead atoms. The normalized spacial score (nSPS) is 26.4. The van der Waals surface area contributed by atoms with Crippen LogP contribution < -0.4 is 10.6 Å². The lowest BCUT2D eigenvalue weighted by atomic mass is 9.99. The fourth-order valence-electron chi connectivity index (χ4n) is 3.61. The van der Waals surface area contributed by atoms with Crippen molar-refractivity contribution in [3.05, 3.63) is 10.8 Å². The van der Waals surface area contributed by atoms with Gasteiger partial charge in [0, 0.05) is 19.5 Å². The molecule has 2 saturated carbocycles. The molecule has 1 heterocycles. The zero-order valence-corrected chi connectivity index (χ0v) is 13.9. The number of carbonyl (C=O) groups is 2. The first-order valence-corrected chi connectivity index (χ1v) is 8.49. The topological polar surface area (TPSA) is 99.8 Å². The molecule has 2 unspecified atom stereocenters. The van der Waals surface area contributed by atoms with Crippen LogP contribution in [0.5, 0.6) is 0 Å². The van der Waals surface area contributed by atoms with Gasteiger partial charge in [-0.25, -0.2) is 0 Å². The molecule has 1 aromatic heterocycles. The SMILES string of the molecule is C[C@@H](CNC(=O)CC12CCCC1C2)CNC(=O)c1n[nH]nc1Cl. The zero-order chi connectivity index (χ0) is 16.4. The van der Waals surface area contributed by atoms with Gasteiger partial charge in [0.25, 0.3) is 5.91 Å². The molecule has 2 aliphatic carbocycles. The van der Waals surface area contributed by atoms with Gasteiger partial charge < -0.3 is 10.6 Å². The van der Waals surface area contributed by atoms with E-state index in [0.29, 0.717) is 24.9 Å². The molecule has 2 aliphatic rings. The van der Waals surface area contributed by atoms with Gasteiger partial charge in [0.05, 0.1) is 0 Å². The van der Waals surface area contributed by atoms with E-state index in [0.717, 1.165) is 5.92 Å². The second kappa shape index (κ2) is 6.47. The number of aromatic nitrogens is 3. The fraction of sp³-hybridized carbons (Fsp3) is 0.733. The third kappa shape index (κ3) is 3.65. The quantitative estimate of drug-likeness (QED) is 0.701. The van der Waals surface area contributed by atoms with Crippen LogP contribution in [0.15, 0.2) is 0 Å². The van der Waals surface area contributed by atoms with Crippen molar-refractivity contribution in [3.8, 4) is 0 Å². The van der Waals surface area contributed by atoms with E-state index in [1.165, 1.54) is 25.7 Å². The Hall–Kier alpha value is -1.63. The third-order valence-electron chi connectivity index (χ3n) is 5.08. The predicted molar refractivity (Wildman–Crippen MR) is 84.9 cm³/mol. The van der Waals surface area contributed by atoms with Crippen LogP contribution in [0.25, 0.3) is 0 Å². The van der Waals surface area contributed by atoms with Gasteiger partial charge >= 0.3 is 0 Å². The molecular weight excluding hydrogens is 318 g/mol. The van der Waals surface area contributed by atoms with Gasteiger partial charge in [-0.3, -0.25) is 9.59 Å². The average Bonchev–Trinajstić information content (AvgIpc) is 2.86. The molecule has 0 saturated heterocycles. The molecule has 3 N–H and O–H groups in total. The first kappa shape index (κ1) is 16.2. The van der Waals surface area contributed by atoms with Gasteiger partial charge in [-0.05, 0) is 36.5 Å². The predicted octanol–water partition coefficient (Wildman–Crippen LogP) is 1.52. The molecule has 7 nitrogen and oxygen atoms in total. The van der Waals surface area contributed by atoms with Crippen LogP contribution in [-0.2, 0) is 4.79 Å². The van der Waals surface area contributed by atoms with Gasteiger partial charge in [-0.1, -0.05) is 24.9 Å². The van der Waals surface area contributed by atoms with E-state index in [4.69, 9.17) is 11.6 Å². The van der Waals surface area contributed by atoms with Crippen LogP contribution in [0.1, 0.15) is 49.5 Å². The summed E-state index contributed by atoms with van der Waals surface area (Å²) < 4.78 is 0. The van der Waals surface area contributed by atoms with Gasteiger partial charge in [0.2, 0.25) is 5.91 Å². The Kier molecular flexibility index (Phi) is 4.57. The van der Waals surface area contributed by atoms with E-state index in [9.17, 15) is 9.59 Å². The number of nitrogens with zero attached hydrogens (tertiary/aromatic N) is 2. The van der Waals surface area contributed by atoms with E-state index in [1.807, 2.05) is 6.92 Å². The lowest BCUT2D eigenvalue weighted by Gasteiger charge is -2.15. The van der Waals surface area contributed by atoms with Crippen LogP contribution in [0.4, 0.5) is 0 Å². The van der Waals surface area contributed by atoms with Gasteiger partial charge in [0.15, 0.2) is 10.8 Å². The second-order valence-corrected chi connectivity index (χ2v) is 7.27. The molecule has 2 fully saturated rings. The standard InChI is InChI=1S/C15H22ClN5O2/c1-9(8-18-14(23)12-13(16)20-21-19-12)7-17-11(22)6-15-4-2-3-10(15)5-15/h9-10H,2-8H2,1H3,(H,17,22)(H,18,23)(H,19,20,21)/t9-,10?,15?/m0/s1. The summed E-state index contributed by atoms with van der Waals surface area (Å²) >= 11 is 5.73. The first-order valence-electron chi connectivity index (χ1n) is 8.11. The molecule has 0 aromatic carbocycles. The highest BCUT2D eigenvalue weighted by molar-refractivity contribution is 6.32. The lowest BCUT2D eigenvalue weighted by Crippen LogP contribution is -2.36. The van der Waals surface area contributed by atoms with Crippen molar-refractivity contribution in [1.82, 2.24) is 26.0 Å². The van der Waals surface area contributed by atoms with Crippen LogP contribution >= 0.6 is 11.6 Å². The maximum Gasteiger partial charge on any atom is 0.275 e. The monoisotopic (exact) mass is 339 g/mol. The van der Waals surface area contributed by atoms with Crippen molar-refractivity contribution in [2.24, 2.45) is 17.3 Å². The number of hydrogen-bond donors (Lipinski definition) is 3. The van der Waals surface area contributed by atoms with E-state index >= 15 is 0 Å². The summed E-state index contributed by atoms with van der Waals surface area (Å²) in [6.07, 6.45) is 5.65. The van der Waals surface area contributed by atoms with Crippen molar-refractivity contribution < 1.29 is 9.59 Å². The summed E-state index contributed by atoms with van der Waals surface area (Å²) in [5.41, 5.74) is 0.411. The molecular formula is C15H22ClN5O2. The van der Waals surface area contributed by atoms with Crippen molar-refractivity contribution >= 4 is 23.4 Å². The summed E-state index contributed by atoms with van der Waals surface area (Å²) in [6, 6.07) is 0. The molecule has 2 amide bonds. The second-order valence-electron chi connectivity index (χ2n) is 6.91. The summed E-state index contributed by atoms with van der Waals surface area (Å²) in [7, 11) is 0. The lowest BCUT2D eigenvalue weighted by molar-refractivity contribution is -0.122. The number of aromatic amines is 1. The van der Waals surface area contributed by atoms with Gasteiger partial charge in [-0.2, -0.15) is 5.21 Å². The van der Waals surface area contributed by atoms with Crippen LogP contribution in [0, 0.1) is 17.3 Å². The first-order chi connectivity index (χ1) is 11.0. The zero-order valence-electron chi connectivity index (χ0n) is 13.2. The summed E-state index contributed by atoms with van der Waals surface area (Å²) in [5, 5.41) is 15.4. The Morgan fingerprint density at radius 3 is 2.78 bits per heavy atom. The van der Waals surface area contributed by atoms with Crippen LogP contribution in [0.2, 0.25) is 5.15 Å². The highest BCUT2D eigenvalue weighted by Crippen LogP contribution is 2.65. The summed E-state index contributed by atoms with van der Waals surface area (Å²) in [6.45, 7) is 2.96. The smallest absolute Gasteiger partial charge is 0.275 e. The highest BCUT2D eigenvalue weighted by Gasteiger charge is 2.57. The molecule has 0 radical (unpaired) electrons. The van der Waals surface area contributed by atoms with Crippen molar-refractivity contribution in [2.45, 2.75) is 39.0 Å². The molecule has 1 aromatic rings. The van der Waals surface area contributed by atoms with Crippen molar-refractivity contribution in [3.63, 3.8) is 0 Å². The number of hydrogen-bond acceptors (Lipinski definition) is 4. The summed E-state index contributed by atoms with van der Waals surface area (Å²) in [5.74, 6) is 0.682. The highest BCUT2D eigenvalue weighted by atomic mass is 35.5.